The Morgan fingerprint density at radius 3 is 2.57 bits per heavy atom. The van der Waals surface area contributed by atoms with Crippen LogP contribution in [0.2, 0.25) is 0 Å². The van der Waals surface area contributed by atoms with Gasteiger partial charge in [0, 0.05) is 23.4 Å². The molecule has 2 heterocycles. The number of pyridine rings is 1. The number of carbonyl (C=O) groups excluding carboxylic acids is 1. The molecule has 1 unspecified atom stereocenters. The van der Waals surface area contributed by atoms with Crippen LogP contribution < -0.4 is 19.9 Å². The molecule has 0 fully saturated rings. The molecular formula is C24H21F4N3O4. The second kappa shape index (κ2) is 9.69. The van der Waals surface area contributed by atoms with Crippen molar-refractivity contribution in [3.63, 3.8) is 0 Å². The summed E-state index contributed by atoms with van der Waals surface area (Å²) in [6.07, 6.45) is -5.05. The number of halogens is 4. The van der Waals surface area contributed by atoms with Crippen LogP contribution in [0.3, 0.4) is 0 Å². The zero-order valence-electron chi connectivity index (χ0n) is 18.7. The van der Waals surface area contributed by atoms with E-state index in [1.165, 1.54) is 30.5 Å². The van der Waals surface area contributed by atoms with Crippen molar-refractivity contribution in [3.8, 4) is 11.5 Å². The molecule has 4 rings (SSSR count). The first-order valence-electron chi connectivity index (χ1n) is 10.6. The first kappa shape index (κ1) is 24.1. The Balaban J connectivity index is 1.68. The van der Waals surface area contributed by atoms with Crippen LogP contribution in [0, 0.1) is 5.82 Å². The third-order valence-corrected chi connectivity index (χ3v) is 4.89. The van der Waals surface area contributed by atoms with Gasteiger partial charge in [-0.1, -0.05) is 18.2 Å². The van der Waals surface area contributed by atoms with Crippen molar-refractivity contribution < 1.29 is 36.7 Å². The zero-order chi connectivity index (χ0) is 25.2. The zero-order valence-corrected chi connectivity index (χ0v) is 18.7. The molecule has 0 saturated heterocycles. The lowest BCUT2D eigenvalue weighted by molar-refractivity contribution is -0.201. The minimum atomic E-state index is -5.20. The number of hydroxylamine groups is 1. The minimum absolute atomic E-state index is 0.0934. The summed E-state index contributed by atoms with van der Waals surface area (Å²) in [6, 6.07) is 13.8. The standard InChI is InChI=1S/C24H21F4N3O4/c1-14(2)34-18-11-16(10-17(12-18)33-13-15-6-3-4-7-19(15)25)22-30-21-20(8-5-9-29-21)31(22)35-23(32)24(26,27)28/h3-12,14,22H,13H2,1-2H3,(H,29,30). The number of ether oxygens (including phenoxy) is 2. The summed E-state index contributed by atoms with van der Waals surface area (Å²) in [7, 11) is 0. The summed E-state index contributed by atoms with van der Waals surface area (Å²) in [5.41, 5.74) is 0.819. The fourth-order valence-corrected chi connectivity index (χ4v) is 3.43. The number of fused-ring (bicyclic) bond motifs is 1. The summed E-state index contributed by atoms with van der Waals surface area (Å²) in [4.78, 5) is 20.5. The Kier molecular flexibility index (Phi) is 6.68. The summed E-state index contributed by atoms with van der Waals surface area (Å²) in [5, 5.41) is 3.75. The van der Waals surface area contributed by atoms with E-state index in [2.05, 4.69) is 10.3 Å². The van der Waals surface area contributed by atoms with E-state index < -0.39 is 24.1 Å². The highest BCUT2D eigenvalue weighted by Gasteiger charge is 2.45. The number of anilines is 2. The van der Waals surface area contributed by atoms with E-state index >= 15 is 0 Å². The predicted molar refractivity (Wildman–Crippen MR) is 118 cm³/mol. The quantitative estimate of drug-likeness (QED) is 0.435. The number of nitrogens with one attached hydrogen (secondary N) is 1. The van der Waals surface area contributed by atoms with Gasteiger partial charge in [0.15, 0.2) is 12.0 Å². The Hall–Kier alpha value is -4.02. The topological polar surface area (TPSA) is 72.9 Å². The highest BCUT2D eigenvalue weighted by Crippen LogP contribution is 2.42. The normalized spacial score (nSPS) is 14.9. The van der Waals surface area contributed by atoms with Crippen molar-refractivity contribution in [2.75, 3.05) is 10.4 Å². The van der Waals surface area contributed by atoms with E-state index in [9.17, 15) is 22.4 Å². The second-order valence-electron chi connectivity index (χ2n) is 7.90. The average molecular weight is 491 g/mol. The van der Waals surface area contributed by atoms with Crippen molar-refractivity contribution in [2.45, 2.75) is 38.9 Å². The Labute approximate surface area is 198 Å². The van der Waals surface area contributed by atoms with Crippen molar-refractivity contribution in [3.05, 3.63) is 77.7 Å². The fourth-order valence-electron chi connectivity index (χ4n) is 3.43. The Morgan fingerprint density at radius 2 is 1.86 bits per heavy atom. The molecule has 1 atom stereocenters. The van der Waals surface area contributed by atoms with Crippen LogP contribution in [0.15, 0.2) is 60.8 Å². The number of aromatic nitrogens is 1. The maximum Gasteiger partial charge on any atom is 0.493 e. The number of hydrogen-bond acceptors (Lipinski definition) is 7. The van der Waals surface area contributed by atoms with E-state index in [-0.39, 0.29) is 30.0 Å². The molecule has 0 radical (unpaired) electrons. The van der Waals surface area contributed by atoms with Crippen LogP contribution >= 0.6 is 0 Å². The lowest BCUT2D eigenvalue weighted by atomic mass is 10.1. The van der Waals surface area contributed by atoms with Gasteiger partial charge in [0.1, 0.15) is 29.6 Å². The summed E-state index contributed by atoms with van der Waals surface area (Å²) in [5.74, 6) is -1.97. The predicted octanol–water partition coefficient (Wildman–Crippen LogP) is 5.54. The third kappa shape index (κ3) is 5.56. The van der Waals surface area contributed by atoms with Gasteiger partial charge in [-0.25, -0.2) is 14.2 Å². The summed E-state index contributed by atoms with van der Waals surface area (Å²) >= 11 is 0. The molecule has 1 aromatic heterocycles. The van der Waals surface area contributed by atoms with Crippen molar-refractivity contribution in [2.24, 2.45) is 0 Å². The number of alkyl halides is 3. The molecule has 0 saturated carbocycles. The Morgan fingerprint density at radius 1 is 1.11 bits per heavy atom. The van der Waals surface area contributed by atoms with E-state index in [0.717, 1.165) is 5.06 Å². The van der Waals surface area contributed by atoms with Crippen molar-refractivity contribution in [1.29, 1.82) is 0 Å². The smallest absolute Gasteiger partial charge is 0.491 e. The number of carbonyl (C=O) groups is 1. The molecule has 0 bridgehead atoms. The van der Waals surface area contributed by atoms with E-state index in [1.54, 1.807) is 44.2 Å². The maximum atomic E-state index is 14.0. The number of nitrogens with zero attached hydrogens (tertiary/aromatic N) is 2. The molecule has 184 valence electrons. The van der Waals surface area contributed by atoms with E-state index in [1.807, 2.05) is 0 Å². The second-order valence-corrected chi connectivity index (χ2v) is 7.90. The van der Waals surface area contributed by atoms with Gasteiger partial charge in [0.05, 0.1) is 6.10 Å². The first-order valence-corrected chi connectivity index (χ1v) is 10.6. The van der Waals surface area contributed by atoms with Gasteiger partial charge in [-0.3, -0.25) is 0 Å². The largest absolute Gasteiger partial charge is 0.493 e. The van der Waals surface area contributed by atoms with Crippen LogP contribution in [-0.4, -0.2) is 23.2 Å². The molecule has 1 aliphatic heterocycles. The van der Waals surface area contributed by atoms with Gasteiger partial charge in [0.2, 0.25) is 0 Å². The first-order chi connectivity index (χ1) is 16.6. The van der Waals surface area contributed by atoms with E-state index in [4.69, 9.17) is 14.3 Å². The monoisotopic (exact) mass is 491 g/mol. The number of hydrogen-bond donors (Lipinski definition) is 1. The van der Waals surface area contributed by atoms with Gasteiger partial charge >= 0.3 is 12.1 Å². The molecule has 7 nitrogen and oxygen atoms in total. The summed E-state index contributed by atoms with van der Waals surface area (Å²) < 4.78 is 64.5. The van der Waals surface area contributed by atoms with Gasteiger partial charge in [-0.2, -0.15) is 18.2 Å². The van der Waals surface area contributed by atoms with E-state index in [0.29, 0.717) is 16.9 Å². The highest BCUT2D eigenvalue weighted by molar-refractivity contribution is 5.80. The van der Waals surface area contributed by atoms with Gasteiger partial charge in [-0.05, 0) is 44.2 Å². The van der Waals surface area contributed by atoms with Gasteiger partial charge in [-0.15, -0.1) is 0 Å². The van der Waals surface area contributed by atoms with Crippen LogP contribution in [-0.2, 0) is 16.2 Å². The maximum absolute atomic E-state index is 14.0. The fraction of sp³-hybridized carbons (Fsp3) is 0.250. The number of benzene rings is 2. The highest BCUT2D eigenvalue weighted by atomic mass is 19.4. The van der Waals surface area contributed by atoms with Crippen LogP contribution in [0.25, 0.3) is 0 Å². The van der Waals surface area contributed by atoms with Gasteiger partial charge < -0.3 is 19.6 Å². The molecule has 0 spiro atoms. The molecule has 1 N–H and O–H groups in total. The van der Waals surface area contributed by atoms with Crippen LogP contribution in [0.5, 0.6) is 11.5 Å². The molecule has 2 aromatic carbocycles. The lowest BCUT2D eigenvalue weighted by Crippen LogP contribution is -2.36. The molecule has 0 aliphatic carbocycles. The average Bonchev–Trinajstić information content (AvgIpc) is 3.16. The molecule has 11 heteroatoms. The molecule has 3 aromatic rings. The van der Waals surface area contributed by atoms with Crippen LogP contribution in [0.1, 0.15) is 31.1 Å². The Bertz CT molecular complexity index is 1220. The van der Waals surface area contributed by atoms with Gasteiger partial charge in [0.25, 0.3) is 0 Å². The van der Waals surface area contributed by atoms with Crippen molar-refractivity contribution in [1.82, 2.24) is 4.98 Å². The minimum Gasteiger partial charge on any atom is -0.491 e. The lowest BCUT2D eigenvalue weighted by Gasteiger charge is -2.26. The molecular weight excluding hydrogens is 470 g/mol. The molecule has 35 heavy (non-hydrogen) atoms. The number of rotatable bonds is 7. The molecule has 1 aliphatic rings. The van der Waals surface area contributed by atoms with Crippen molar-refractivity contribution >= 4 is 17.5 Å². The van der Waals surface area contributed by atoms with Crippen LogP contribution in [0.4, 0.5) is 29.1 Å². The third-order valence-electron chi connectivity index (χ3n) is 4.89. The summed E-state index contributed by atoms with van der Waals surface area (Å²) in [6.45, 7) is 3.51. The SMILES string of the molecule is CC(C)Oc1cc(OCc2ccccc2F)cc(C2Nc3ncccc3N2OC(=O)C(F)(F)F)c1. The molecule has 0 amide bonds.